The highest BCUT2D eigenvalue weighted by atomic mass is 16.5. The Morgan fingerprint density at radius 2 is 2.00 bits per heavy atom. The number of benzene rings is 1. The van der Waals surface area contributed by atoms with E-state index in [0.717, 1.165) is 5.56 Å². The molecule has 0 saturated carbocycles. The van der Waals surface area contributed by atoms with Crippen molar-refractivity contribution >= 4 is 23.2 Å². The van der Waals surface area contributed by atoms with Crippen LogP contribution in [0.1, 0.15) is 23.9 Å². The van der Waals surface area contributed by atoms with Gasteiger partial charge in [-0.2, -0.15) is 0 Å². The highest BCUT2D eigenvalue weighted by molar-refractivity contribution is 5.96. The van der Waals surface area contributed by atoms with E-state index in [2.05, 4.69) is 15.8 Å². The van der Waals surface area contributed by atoms with Gasteiger partial charge in [-0.3, -0.25) is 9.59 Å². The number of carbonyl (C=O) groups is 2. The normalized spacial score (nSPS) is 10.3. The minimum absolute atomic E-state index is 0.148. The van der Waals surface area contributed by atoms with Crippen LogP contribution in [0.25, 0.3) is 0 Å². The lowest BCUT2D eigenvalue weighted by molar-refractivity contribution is -0.116. The molecular weight excluding hydrogens is 298 g/mol. The van der Waals surface area contributed by atoms with E-state index in [9.17, 15) is 9.59 Å². The predicted octanol–water partition coefficient (Wildman–Crippen LogP) is 2.44. The minimum Gasteiger partial charge on any atom is -0.495 e. The molecule has 1 aromatic heterocycles. The van der Waals surface area contributed by atoms with Gasteiger partial charge in [-0.15, -0.1) is 0 Å². The SMILES string of the molecule is COc1ccc(NC(C)=O)cc1NC(=O)Cc1c(C)noc1C. The smallest absolute Gasteiger partial charge is 0.229 e. The molecule has 0 aliphatic heterocycles. The number of methoxy groups -OCH3 is 1. The second-order valence-electron chi connectivity index (χ2n) is 5.12. The van der Waals surface area contributed by atoms with Crippen molar-refractivity contribution in [3.8, 4) is 5.75 Å². The Balaban J connectivity index is 2.17. The third kappa shape index (κ3) is 4.09. The van der Waals surface area contributed by atoms with Crippen molar-refractivity contribution in [2.45, 2.75) is 27.2 Å². The molecule has 23 heavy (non-hydrogen) atoms. The first-order chi connectivity index (χ1) is 10.9. The third-order valence-electron chi connectivity index (χ3n) is 3.31. The van der Waals surface area contributed by atoms with E-state index < -0.39 is 0 Å². The number of aryl methyl sites for hydroxylation is 2. The second kappa shape index (κ2) is 6.95. The summed E-state index contributed by atoms with van der Waals surface area (Å²) in [7, 11) is 1.51. The first-order valence-corrected chi connectivity index (χ1v) is 7.08. The van der Waals surface area contributed by atoms with Gasteiger partial charge in [0.05, 0.1) is 24.9 Å². The quantitative estimate of drug-likeness (QED) is 0.883. The lowest BCUT2D eigenvalue weighted by Crippen LogP contribution is -2.16. The summed E-state index contributed by atoms with van der Waals surface area (Å²) in [6, 6.07) is 5.02. The number of anilines is 2. The minimum atomic E-state index is -0.224. The van der Waals surface area contributed by atoms with Gasteiger partial charge in [0.15, 0.2) is 0 Å². The molecule has 1 aromatic carbocycles. The molecule has 0 spiro atoms. The molecule has 122 valence electrons. The van der Waals surface area contributed by atoms with Crippen LogP contribution in [0.4, 0.5) is 11.4 Å². The second-order valence-corrected chi connectivity index (χ2v) is 5.12. The van der Waals surface area contributed by atoms with Crippen LogP contribution in [0, 0.1) is 13.8 Å². The average molecular weight is 317 g/mol. The monoisotopic (exact) mass is 317 g/mol. The molecule has 0 radical (unpaired) electrons. The van der Waals surface area contributed by atoms with Gasteiger partial charge in [-0.25, -0.2) is 0 Å². The fraction of sp³-hybridized carbons (Fsp3) is 0.312. The highest BCUT2D eigenvalue weighted by Crippen LogP contribution is 2.28. The maximum Gasteiger partial charge on any atom is 0.229 e. The van der Waals surface area contributed by atoms with E-state index in [1.54, 1.807) is 32.0 Å². The Labute approximate surface area is 134 Å². The van der Waals surface area contributed by atoms with E-state index in [0.29, 0.717) is 28.6 Å². The van der Waals surface area contributed by atoms with E-state index in [1.807, 2.05) is 0 Å². The first kappa shape index (κ1) is 16.5. The van der Waals surface area contributed by atoms with Crippen molar-refractivity contribution in [1.29, 1.82) is 0 Å². The summed E-state index contributed by atoms with van der Waals surface area (Å²) >= 11 is 0. The average Bonchev–Trinajstić information content (AvgIpc) is 2.79. The van der Waals surface area contributed by atoms with Crippen LogP contribution >= 0.6 is 0 Å². The standard InChI is InChI=1S/C16H19N3O4/c1-9-13(10(2)23-19-9)8-16(21)18-14-7-12(17-11(3)20)5-6-15(14)22-4/h5-7H,8H2,1-4H3,(H,17,20)(H,18,21). The van der Waals surface area contributed by atoms with Gasteiger partial charge < -0.3 is 19.9 Å². The van der Waals surface area contributed by atoms with E-state index in [-0.39, 0.29) is 18.2 Å². The molecule has 2 amide bonds. The summed E-state index contributed by atoms with van der Waals surface area (Å²) in [4.78, 5) is 23.4. The van der Waals surface area contributed by atoms with Crippen LogP contribution in [0.2, 0.25) is 0 Å². The lowest BCUT2D eigenvalue weighted by atomic mass is 10.1. The molecule has 0 fully saturated rings. The Morgan fingerprint density at radius 1 is 1.26 bits per heavy atom. The van der Waals surface area contributed by atoms with E-state index in [4.69, 9.17) is 9.26 Å². The largest absolute Gasteiger partial charge is 0.495 e. The van der Waals surface area contributed by atoms with Crippen molar-refractivity contribution in [3.05, 3.63) is 35.2 Å². The number of rotatable bonds is 5. The molecule has 0 atom stereocenters. The van der Waals surface area contributed by atoms with Crippen LogP contribution in [-0.4, -0.2) is 24.1 Å². The lowest BCUT2D eigenvalue weighted by Gasteiger charge is -2.12. The van der Waals surface area contributed by atoms with Crippen molar-refractivity contribution < 1.29 is 18.8 Å². The van der Waals surface area contributed by atoms with E-state index in [1.165, 1.54) is 14.0 Å². The fourth-order valence-electron chi connectivity index (χ4n) is 2.20. The molecule has 2 N–H and O–H groups in total. The molecular formula is C16H19N3O4. The van der Waals surface area contributed by atoms with Crippen molar-refractivity contribution in [2.75, 3.05) is 17.7 Å². The summed E-state index contributed by atoms with van der Waals surface area (Å²) in [5.41, 5.74) is 2.51. The maximum absolute atomic E-state index is 12.3. The molecule has 0 aliphatic carbocycles. The van der Waals surface area contributed by atoms with Crippen molar-refractivity contribution in [1.82, 2.24) is 5.16 Å². The number of hydrogen-bond donors (Lipinski definition) is 2. The Morgan fingerprint density at radius 3 is 2.57 bits per heavy atom. The zero-order chi connectivity index (χ0) is 17.0. The number of aromatic nitrogens is 1. The molecule has 0 saturated heterocycles. The number of carbonyl (C=O) groups excluding carboxylic acids is 2. The summed E-state index contributed by atoms with van der Waals surface area (Å²) in [5.74, 6) is 0.712. The molecule has 0 aliphatic rings. The number of hydrogen-bond acceptors (Lipinski definition) is 5. The van der Waals surface area contributed by atoms with Gasteiger partial charge in [-0.05, 0) is 32.0 Å². The number of ether oxygens (including phenoxy) is 1. The fourth-order valence-corrected chi connectivity index (χ4v) is 2.20. The zero-order valence-corrected chi connectivity index (χ0v) is 13.5. The first-order valence-electron chi connectivity index (χ1n) is 7.08. The van der Waals surface area contributed by atoms with Crippen LogP contribution in [-0.2, 0) is 16.0 Å². The maximum atomic E-state index is 12.3. The Bertz CT molecular complexity index is 717. The van der Waals surface area contributed by atoms with Gasteiger partial charge in [0, 0.05) is 18.2 Å². The summed E-state index contributed by atoms with van der Waals surface area (Å²) in [6.45, 7) is 4.97. The van der Waals surface area contributed by atoms with Crippen LogP contribution in [0.3, 0.4) is 0 Å². The van der Waals surface area contributed by atoms with Crippen LogP contribution in [0.15, 0.2) is 22.7 Å². The van der Waals surface area contributed by atoms with Crippen molar-refractivity contribution in [2.24, 2.45) is 0 Å². The van der Waals surface area contributed by atoms with Gasteiger partial charge in [0.2, 0.25) is 11.8 Å². The van der Waals surface area contributed by atoms with E-state index >= 15 is 0 Å². The summed E-state index contributed by atoms with van der Waals surface area (Å²) in [6.07, 6.45) is 0.148. The molecule has 0 bridgehead atoms. The molecule has 2 aromatic rings. The molecule has 1 heterocycles. The molecule has 7 nitrogen and oxygen atoms in total. The number of nitrogens with one attached hydrogen (secondary N) is 2. The third-order valence-corrected chi connectivity index (χ3v) is 3.31. The van der Waals surface area contributed by atoms with Gasteiger partial charge in [0.25, 0.3) is 0 Å². The van der Waals surface area contributed by atoms with Crippen LogP contribution in [0.5, 0.6) is 5.75 Å². The molecule has 0 unspecified atom stereocenters. The molecule has 2 rings (SSSR count). The Kier molecular flexibility index (Phi) is 5.00. The van der Waals surface area contributed by atoms with Crippen LogP contribution < -0.4 is 15.4 Å². The Hall–Kier alpha value is -2.83. The van der Waals surface area contributed by atoms with Gasteiger partial charge in [-0.1, -0.05) is 5.16 Å². The highest BCUT2D eigenvalue weighted by Gasteiger charge is 2.15. The van der Waals surface area contributed by atoms with Gasteiger partial charge in [0.1, 0.15) is 11.5 Å². The number of amides is 2. The topological polar surface area (TPSA) is 93.5 Å². The molecule has 7 heteroatoms. The summed E-state index contributed by atoms with van der Waals surface area (Å²) < 4.78 is 10.3. The van der Waals surface area contributed by atoms with Gasteiger partial charge >= 0.3 is 0 Å². The number of nitrogens with zero attached hydrogens (tertiary/aromatic N) is 1. The zero-order valence-electron chi connectivity index (χ0n) is 13.5. The van der Waals surface area contributed by atoms with Crippen molar-refractivity contribution in [3.63, 3.8) is 0 Å². The predicted molar refractivity (Wildman–Crippen MR) is 85.6 cm³/mol. The summed E-state index contributed by atoms with van der Waals surface area (Å²) in [5, 5.41) is 9.28.